The Morgan fingerprint density at radius 2 is 2.00 bits per heavy atom. The zero-order chi connectivity index (χ0) is 12.3. The van der Waals surface area contributed by atoms with Crippen molar-refractivity contribution in [3.8, 4) is 0 Å². The third kappa shape index (κ3) is 3.22. The van der Waals surface area contributed by atoms with Crippen LogP contribution in [0.1, 0.15) is 16.2 Å². The zero-order valence-electron chi connectivity index (χ0n) is 8.71. The fourth-order valence-electron chi connectivity index (χ4n) is 1.35. The van der Waals surface area contributed by atoms with Gasteiger partial charge in [-0.1, -0.05) is 23.2 Å². The van der Waals surface area contributed by atoms with Gasteiger partial charge in [-0.15, -0.1) is 0 Å². The van der Waals surface area contributed by atoms with Gasteiger partial charge < -0.3 is 10.3 Å². The molecule has 1 aromatic carbocycles. The van der Waals surface area contributed by atoms with Crippen molar-refractivity contribution < 1.29 is 4.79 Å². The Hall–Kier alpha value is -1.52. The quantitative estimate of drug-likeness (QED) is 0.900. The molecule has 1 amide bonds. The van der Waals surface area contributed by atoms with Crippen molar-refractivity contribution in [1.29, 1.82) is 0 Å². The van der Waals surface area contributed by atoms with E-state index in [-0.39, 0.29) is 5.91 Å². The number of aromatic nitrogens is 2. The number of nitrogens with one attached hydrogen (secondary N) is 2. The van der Waals surface area contributed by atoms with Crippen LogP contribution in [0.25, 0.3) is 0 Å². The summed E-state index contributed by atoms with van der Waals surface area (Å²) in [6.45, 7) is 0.329. The van der Waals surface area contributed by atoms with E-state index in [1.165, 1.54) is 0 Å². The van der Waals surface area contributed by atoms with Gasteiger partial charge in [0.25, 0.3) is 5.91 Å². The lowest BCUT2D eigenvalue weighted by atomic mass is 10.2. The first-order valence-corrected chi connectivity index (χ1v) is 5.63. The molecule has 0 spiro atoms. The first kappa shape index (κ1) is 12.0. The number of rotatable bonds is 3. The normalized spacial score (nSPS) is 10.2. The number of benzene rings is 1. The lowest BCUT2D eigenvalue weighted by Gasteiger charge is -2.04. The summed E-state index contributed by atoms with van der Waals surface area (Å²) in [6.07, 6.45) is 3.31. The first-order valence-electron chi connectivity index (χ1n) is 4.88. The number of amides is 1. The highest BCUT2D eigenvalue weighted by molar-refractivity contribution is 6.35. The molecular formula is C11H9Cl2N3O. The Bertz CT molecular complexity index is 505. The molecule has 0 unspecified atom stereocenters. The largest absolute Gasteiger partial charge is 0.347 e. The second kappa shape index (κ2) is 5.21. The lowest BCUT2D eigenvalue weighted by molar-refractivity contribution is 0.0950. The fourth-order valence-corrected chi connectivity index (χ4v) is 1.87. The van der Waals surface area contributed by atoms with Crippen LogP contribution in [-0.2, 0) is 6.54 Å². The van der Waals surface area contributed by atoms with E-state index in [0.717, 1.165) is 0 Å². The molecule has 0 aliphatic heterocycles. The average molecular weight is 270 g/mol. The van der Waals surface area contributed by atoms with Gasteiger partial charge in [-0.2, -0.15) is 0 Å². The van der Waals surface area contributed by atoms with Gasteiger partial charge in [0.05, 0.1) is 6.54 Å². The number of H-pyrrole nitrogens is 1. The molecule has 0 aliphatic carbocycles. The Morgan fingerprint density at radius 3 is 2.59 bits per heavy atom. The van der Waals surface area contributed by atoms with Crippen LogP contribution in [0.5, 0.6) is 0 Å². The van der Waals surface area contributed by atoms with Crippen molar-refractivity contribution in [3.63, 3.8) is 0 Å². The zero-order valence-corrected chi connectivity index (χ0v) is 10.2. The van der Waals surface area contributed by atoms with Crippen molar-refractivity contribution in [3.05, 3.63) is 52.0 Å². The average Bonchev–Trinajstić information content (AvgIpc) is 2.77. The van der Waals surface area contributed by atoms with E-state index in [4.69, 9.17) is 23.2 Å². The second-order valence-electron chi connectivity index (χ2n) is 3.38. The summed E-state index contributed by atoms with van der Waals surface area (Å²) in [7, 11) is 0. The molecule has 0 radical (unpaired) electrons. The van der Waals surface area contributed by atoms with E-state index >= 15 is 0 Å². The van der Waals surface area contributed by atoms with Gasteiger partial charge in [0.1, 0.15) is 5.82 Å². The Kier molecular flexibility index (Phi) is 3.66. The molecular weight excluding hydrogens is 261 g/mol. The van der Waals surface area contributed by atoms with Crippen LogP contribution in [0.4, 0.5) is 0 Å². The first-order chi connectivity index (χ1) is 8.15. The number of hydrogen-bond acceptors (Lipinski definition) is 2. The van der Waals surface area contributed by atoms with Crippen molar-refractivity contribution in [2.24, 2.45) is 0 Å². The molecule has 0 aliphatic rings. The highest BCUT2D eigenvalue weighted by atomic mass is 35.5. The summed E-state index contributed by atoms with van der Waals surface area (Å²) in [6, 6.07) is 4.70. The maximum Gasteiger partial charge on any atom is 0.251 e. The van der Waals surface area contributed by atoms with E-state index in [1.54, 1.807) is 30.6 Å². The van der Waals surface area contributed by atoms with Crippen LogP contribution in [-0.4, -0.2) is 15.9 Å². The maximum absolute atomic E-state index is 11.8. The number of hydrogen-bond donors (Lipinski definition) is 2. The van der Waals surface area contributed by atoms with E-state index in [1.807, 2.05) is 0 Å². The van der Waals surface area contributed by atoms with Crippen molar-refractivity contribution in [2.45, 2.75) is 6.54 Å². The minimum Gasteiger partial charge on any atom is -0.347 e. The summed E-state index contributed by atoms with van der Waals surface area (Å²) in [5, 5.41) is 3.57. The van der Waals surface area contributed by atoms with Gasteiger partial charge in [-0.25, -0.2) is 4.98 Å². The lowest BCUT2D eigenvalue weighted by Crippen LogP contribution is -2.23. The molecule has 0 saturated heterocycles. The molecule has 0 atom stereocenters. The Morgan fingerprint density at radius 1 is 1.29 bits per heavy atom. The topological polar surface area (TPSA) is 57.8 Å². The third-order valence-corrected chi connectivity index (χ3v) is 2.53. The monoisotopic (exact) mass is 269 g/mol. The molecule has 0 bridgehead atoms. The molecule has 0 saturated carbocycles. The summed E-state index contributed by atoms with van der Waals surface area (Å²) in [4.78, 5) is 18.7. The number of carbonyl (C=O) groups excluding carboxylic acids is 1. The molecule has 6 heteroatoms. The highest BCUT2D eigenvalue weighted by Crippen LogP contribution is 2.18. The molecule has 0 fully saturated rings. The summed E-state index contributed by atoms with van der Waals surface area (Å²) < 4.78 is 0. The van der Waals surface area contributed by atoms with Crippen LogP contribution in [0.15, 0.2) is 30.6 Å². The molecule has 1 heterocycles. The maximum atomic E-state index is 11.8. The smallest absolute Gasteiger partial charge is 0.251 e. The van der Waals surface area contributed by atoms with Crippen LogP contribution < -0.4 is 5.32 Å². The number of nitrogens with zero attached hydrogens (tertiary/aromatic N) is 1. The van der Waals surface area contributed by atoms with Gasteiger partial charge in [0.15, 0.2) is 0 Å². The summed E-state index contributed by atoms with van der Waals surface area (Å²) in [5.41, 5.74) is 0.425. The van der Waals surface area contributed by atoms with E-state index < -0.39 is 0 Å². The number of halogens is 2. The Labute approximate surface area is 108 Å². The number of aromatic amines is 1. The van der Waals surface area contributed by atoms with Crippen LogP contribution in [0, 0.1) is 0 Å². The molecule has 17 heavy (non-hydrogen) atoms. The highest BCUT2D eigenvalue weighted by Gasteiger charge is 2.07. The van der Waals surface area contributed by atoms with E-state index in [2.05, 4.69) is 15.3 Å². The van der Waals surface area contributed by atoms with Crippen molar-refractivity contribution >= 4 is 29.1 Å². The molecule has 88 valence electrons. The van der Waals surface area contributed by atoms with Crippen LogP contribution >= 0.6 is 23.2 Å². The minimum atomic E-state index is -0.245. The molecule has 2 aromatic rings. The van der Waals surface area contributed by atoms with Gasteiger partial charge in [0, 0.05) is 28.0 Å². The second-order valence-corrected chi connectivity index (χ2v) is 4.25. The number of imidazole rings is 1. The third-order valence-electron chi connectivity index (χ3n) is 2.10. The molecule has 2 N–H and O–H groups in total. The van der Waals surface area contributed by atoms with Gasteiger partial charge in [-0.05, 0) is 18.2 Å². The molecule has 1 aromatic heterocycles. The summed E-state index contributed by atoms with van der Waals surface area (Å²) >= 11 is 11.6. The number of carbonyl (C=O) groups is 1. The van der Waals surface area contributed by atoms with E-state index in [9.17, 15) is 4.79 Å². The fraction of sp³-hybridized carbons (Fsp3) is 0.0909. The van der Waals surface area contributed by atoms with Gasteiger partial charge in [0.2, 0.25) is 0 Å². The van der Waals surface area contributed by atoms with Crippen LogP contribution in [0.3, 0.4) is 0 Å². The SMILES string of the molecule is O=C(NCc1ncc[nH]1)c1cc(Cl)cc(Cl)c1. The molecule has 2 rings (SSSR count). The predicted octanol–water partition coefficient (Wildman–Crippen LogP) is 2.65. The van der Waals surface area contributed by atoms with Gasteiger partial charge in [-0.3, -0.25) is 4.79 Å². The van der Waals surface area contributed by atoms with E-state index in [0.29, 0.717) is 28.0 Å². The minimum absolute atomic E-state index is 0.245. The van der Waals surface area contributed by atoms with Gasteiger partial charge >= 0.3 is 0 Å². The van der Waals surface area contributed by atoms with Crippen molar-refractivity contribution in [2.75, 3.05) is 0 Å². The van der Waals surface area contributed by atoms with Crippen molar-refractivity contribution in [1.82, 2.24) is 15.3 Å². The Balaban J connectivity index is 2.04. The predicted molar refractivity (Wildman–Crippen MR) is 66.2 cm³/mol. The standard InChI is InChI=1S/C11H9Cl2N3O/c12-8-3-7(4-9(13)5-8)11(17)16-6-10-14-1-2-15-10/h1-5H,6H2,(H,14,15)(H,16,17). The molecule has 4 nitrogen and oxygen atoms in total. The van der Waals surface area contributed by atoms with Crippen LogP contribution in [0.2, 0.25) is 10.0 Å². The summed E-state index contributed by atoms with van der Waals surface area (Å²) in [5.74, 6) is 0.442.